The van der Waals surface area contributed by atoms with E-state index in [1.165, 1.54) is 17.2 Å². The summed E-state index contributed by atoms with van der Waals surface area (Å²) in [6.45, 7) is 16.1. The Morgan fingerprint density at radius 3 is 2.76 bits per heavy atom. The predicted octanol–water partition coefficient (Wildman–Crippen LogP) is 5.32. The number of azo groups is 1. The van der Waals surface area contributed by atoms with E-state index in [1.54, 1.807) is 0 Å². The molecule has 1 atom stereocenters. The lowest BCUT2D eigenvalue weighted by Gasteiger charge is -2.24. The SMILES string of the molecule is [C-]#[N+]c1c(C)nsc1/N=N/c1ccc(N(CCC)CCNP)cc1C. The highest BCUT2D eigenvalue weighted by Gasteiger charge is 2.11. The summed E-state index contributed by atoms with van der Waals surface area (Å²) in [5.74, 6) is 0. The Morgan fingerprint density at radius 2 is 2.12 bits per heavy atom. The third kappa shape index (κ3) is 5.05. The summed E-state index contributed by atoms with van der Waals surface area (Å²) in [5, 5.41) is 12.2. The Labute approximate surface area is 155 Å². The van der Waals surface area contributed by atoms with Crippen LogP contribution in [0.25, 0.3) is 4.85 Å². The molecule has 132 valence electrons. The molecule has 0 saturated heterocycles. The van der Waals surface area contributed by atoms with Gasteiger partial charge in [0.15, 0.2) is 5.00 Å². The number of rotatable bonds is 8. The molecule has 0 saturated carbocycles. The number of hydrogen-bond acceptors (Lipinski definition) is 6. The lowest BCUT2D eigenvalue weighted by atomic mass is 10.1. The van der Waals surface area contributed by atoms with E-state index in [-0.39, 0.29) is 0 Å². The van der Waals surface area contributed by atoms with Gasteiger partial charge in [-0.25, -0.2) is 9.22 Å². The summed E-state index contributed by atoms with van der Waals surface area (Å²) in [4.78, 5) is 5.84. The molecule has 6 nitrogen and oxygen atoms in total. The molecule has 0 aliphatic rings. The first-order chi connectivity index (χ1) is 12.1. The molecule has 1 N–H and O–H groups in total. The highest BCUT2D eigenvalue weighted by Crippen LogP contribution is 2.37. The molecule has 0 radical (unpaired) electrons. The van der Waals surface area contributed by atoms with Crippen LogP contribution in [0.2, 0.25) is 0 Å². The van der Waals surface area contributed by atoms with Crippen molar-refractivity contribution < 1.29 is 0 Å². The van der Waals surface area contributed by atoms with Crippen LogP contribution in [0, 0.1) is 20.4 Å². The molecule has 8 heteroatoms. The van der Waals surface area contributed by atoms with Crippen molar-refractivity contribution >= 4 is 43.0 Å². The van der Waals surface area contributed by atoms with Gasteiger partial charge in [-0.15, -0.1) is 5.11 Å². The molecule has 1 aromatic carbocycles. The molecule has 1 aromatic heterocycles. The van der Waals surface area contributed by atoms with Crippen molar-refractivity contribution in [3.63, 3.8) is 0 Å². The van der Waals surface area contributed by atoms with Gasteiger partial charge in [-0.2, -0.15) is 5.11 Å². The second-order valence-corrected chi connectivity index (χ2v) is 6.81. The molecule has 0 aliphatic carbocycles. The number of nitrogens with one attached hydrogen (secondary N) is 1. The summed E-state index contributed by atoms with van der Waals surface area (Å²) in [6, 6.07) is 6.20. The number of nitrogens with zero attached hydrogens (tertiary/aromatic N) is 5. The van der Waals surface area contributed by atoms with Gasteiger partial charge in [0, 0.05) is 25.3 Å². The molecule has 2 rings (SSSR count). The van der Waals surface area contributed by atoms with Crippen molar-refractivity contribution in [2.45, 2.75) is 27.2 Å². The molecule has 25 heavy (non-hydrogen) atoms. The smallest absolute Gasteiger partial charge is 0.247 e. The average molecular weight is 374 g/mol. The van der Waals surface area contributed by atoms with Crippen LogP contribution in [0.5, 0.6) is 0 Å². The maximum atomic E-state index is 7.22. The summed E-state index contributed by atoms with van der Waals surface area (Å²) in [7, 11) is 2.54. The van der Waals surface area contributed by atoms with E-state index in [2.05, 4.69) is 57.9 Å². The molecule has 0 aliphatic heterocycles. The number of hydrogen-bond donors (Lipinski definition) is 1. The van der Waals surface area contributed by atoms with Crippen LogP contribution in [0.1, 0.15) is 24.6 Å². The van der Waals surface area contributed by atoms with Crippen LogP contribution in [0.4, 0.5) is 22.1 Å². The summed E-state index contributed by atoms with van der Waals surface area (Å²) < 4.78 is 4.17. The summed E-state index contributed by atoms with van der Waals surface area (Å²) in [6.07, 6.45) is 1.10. The van der Waals surface area contributed by atoms with E-state index in [0.29, 0.717) is 16.4 Å². The van der Waals surface area contributed by atoms with Crippen molar-refractivity contribution in [2.75, 3.05) is 24.5 Å². The molecule has 1 unspecified atom stereocenters. The van der Waals surface area contributed by atoms with Gasteiger partial charge < -0.3 is 4.90 Å². The lowest BCUT2D eigenvalue weighted by molar-refractivity contribution is 0.748. The van der Waals surface area contributed by atoms with E-state index in [9.17, 15) is 0 Å². The minimum absolute atomic E-state index is 0.488. The maximum Gasteiger partial charge on any atom is 0.247 e. The molecule has 0 spiro atoms. The van der Waals surface area contributed by atoms with Crippen LogP contribution in [0.15, 0.2) is 28.4 Å². The molecule has 1 heterocycles. The van der Waals surface area contributed by atoms with E-state index in [4.69, 9.17) is 6.57 Å². The van der Waals surface area contributed by atoms with Gasteiger partial charge in [-0.1, -0.05) is 16.3 Å². The third-order valence-electron chi connectivity index (χ3n) is 3.74. The largest absolute Gasteiger partial charge is 0.370 e. The fourth-order valence-electron chi connectivity index (χ4n) is 2.43. The van der Waals surface area contributed by atoms with Gasteiger partial charge >= 0.3 is 0 Å². The van der Waals surface area contributed by atoms with Crippen molar-refractivity contribution in [2.24, 2.45) is 10.2 Å². The predicted molar refractivity (Wildman–Crippen MR) is 109 cm³/mol. The highest BCUT2D eigenvalue weighted by atomic mass is 32.1. The highest BCUT2D eigenvalue weighted by molar-refractivity contribution is 7.13. The average Bonchev–Trinajstić information content (AvgIpc) is 2.97. The van der Waals surface area contributed by atoms with Gasteiger partial charge in [-0.05, 0) is 55.6 Å². The maximum absolute atomic E-state index is 7.22. The zero-order valence-corrected chi connectivity index (χ0v) is 16.8. The van der Waals surface area contributed by atoms with E-state index in [1.807, 2.05) is 19.9 Å². The van der Waals surface area contributed by atoms with Crippen LogP contribution in [0.3, 0.4) is 0 Å². The Balaban J connectivity index is 2.21. The zero-order chi connectivity index (χ0) is 18.2. The molecule has 0 amide bonds. The summed E-state index contributed by atoms with van der Waals surface area (Å²) in [5.41, 5.74) is 4.26. The van der Waals surface area contributed by atoms with Crippen molar-refractivity contribution in [1.29, 1.82) is 0 Å². The first-order valence-corrected chi connectivity index (χ1v) is 9.50. The second-order valence-electron chi connectivity index (χ2n) is 5.65. The Morgan fingerprint density at radius 1 is 1.32 bits per heavy atom. The quantitative estimate of drug-likeness (QED) is 0.386. The number of anilines is 1. The Hall–Kier alpha value is -1.87. The molecule has 0 fully saturated rings. The molecule has 2 aromatic rings. The first kappa shape index (κ1) is 19.5. The Bertz CT molecular complexity index is 780. The fraction of sp³-hybridized carbons (Fsp3) is 0.412. The van der Waals surface area contributed by atoms with Crippen LogP contribution >= 0.6 is 20.9 Å². The minimum Gasteiger partial charge on any atom is -0.370 e. The first-order valence-electron chi connectivity index (χ1n) is 8.15. The Kier molecular flexibility index (Phi) is 7.45. The van der Waals surface area contributed by atoms with Crippen molar-refractivity contribution in [1.82, 2.24) is 9.46 Å². The molecular weight excluding hydrogens is 351 g/mol. The van der Waals surface area contributed by atoms with Crippen LogP contribution in [-0.4, -0.2) is 24.0 Å². The third-order valence-corrected chi connectivity index (χ3v) is 4.84. The van der Waals surface area contributed by atoms with E-state index in [0.717, 1.165) is 37.3 Å². The van der Waals surface area contributed by atoms with Crippen molar-refractivity contribution in [3.8, 4) is 0 Å². The topological polar surface area (TPSA) is 57.2 Å². The number of aryl methyl sites for hydroxylation is 2. The molecular formula is C17H23N6PS. The van der Waals surface area contributed by atoms with E-state index < -0.39 is 0 Å². The van der Waals surface area contributed by atoms with Gasteiger partial charge in [0.05, 0.1) is 18.0 Å². The van der Waals surface area contributed by atoms with Gasteiger partial charge in [0.1, 0.15) is 0 Å². The van der Waals surface area contributed by atoms with Gasteiger partial charge in [0.2, 0.25) is 5.69 Å². The standard InChI is InChI=1S/C17H23N6PS/c1-5-9-23(10-8-19-24)14-6-7-15(12(2)11-14)20-21-17-16(18-4)13(3)22-25-17/h6-7,11,19H,5,8-10,24H2,1-3H3/b21-20+. The van der Waals surface area contributed by atoms with Gasteiger partial charge in [0.25, 0.3) is 0 Å². The van der Waals surface area contributed by atoms with Gasteiger partial charge in [-0.3, -0.25) is 5.09 Å². The normalized spacial score (nSPS) is 11.0. The van der Waals surface area contributed by atoms with Crippen molar-refractivity contribution in [3.05, 3.63) is 40.9 Å². The summed E-state index contributed by atoms with van der Waals surface area (Å²) >= 11 is 1.21. The lowest BCUT2D eigenvalue weighted by Crippen LogP contribution is -2.30. The zero-order valence-electron chi connectivity index (χ0n) is 14.8. The van der Waals surface area contributed by atoms with E-state index >= 15 is 0 Å². The fourth-order valence-corrected chi connectivity index (χ4v) is 3.23. The minimum atomic E-state index is 0.488. The molecule has 0 bridgehead atoms. The number of benzene rings is 1. The monoisotopic (exact) mass is 374 g/mol. The number of aromatic nitrogens is 1. The van der Waals surface area contributed by atoms with Crippen LogP contribution in [-0.2, 0) is 0 Å². The van der Waals surface area contributed by atoms with Crippen LogP contribution < -0.4 is 9.99 Å². The second kappa shape index (κ2) is 9.57.